The minimum absolute atomic E-state index is 0.0391. The van der Waals surface area contributed by atoms with Crippen molar-refractivity contribution in [1.29, 1.82) is 0 Å². The summed E-state index contributed by atoms with van der Waals surface area (Å²) in [5.74, 6) is -1.37. The Bertz CT molecular complexity index is 715. The molecule has 1 aliphatic heterocycles. The fourth-order valence-corrected chi connectivity index (χ4v) is 3.86. The van der Waals surface area contributed by atoms with Crippen molar-refractivity contribution >= 4 is 17.5 Å². The van der Waals surface area contributed by atoms with Crippen LogP contribution in [0.5, 0.6) is 0 Å². The number of carbonyl (C=O) groups is 2. The van der Waals surface area contributed by atoms with Gasteiger partial charge in [0.25, 0.3) is 0 Å². The van der Waals surface area contributed by atoms with E-state index in [4.69, 9.17) is 0 Å². The third kappa shape index (κ3) is 4.45. The highest BCUT2D eigenvalue weighted by atomic mass is 19.4. The highest BCUT2D eigenvalue weighted by Crippen LogP contribution is 2.38. The molecule has 1 aromatic carbocycles. The zero-order chi connectivity index (χ0) is 19.8. The Hall–Kier alpha value is -2.05. The van der Waals surface area contributed by atoms with Crippen LogP contribution in [0.2, 0.25) is 0 Å². The molecule has 0 bridgehead atoms. The van der Waals surface area contributed by atoms with Gasteiger partial charge < -0.3 is 9.80 Å². The number of alkyl halides is 3. The lowest BCUT2D eigenvalue weighted by Crippen LogP contribution is -2.48. The molecule has 2 aliphatic rings. The first kappa shape index (κ1) is 19.7. The summed E-state index contributed by atoms with van der Waals surface area (Å²) in [6, 6.07) is 6.99. The van der Waals surface area contributed by atoms with E-state index in [0.29, 0.717) is 0 Å². The van der Waals surface area contributed by atoms with Crippen molar-refractivity contribution in [2.75, 3.05) is 18.0 Å². The molecule has 1 aliphatic carbocycles. The van der Waals surface area contributed by atoms with Gasteiger partial charge in [-0.25, -0.2) is 0 Å². The molecule has 0 N–H and O–H groups in total. The van der Waals surface area contributed by atoms with Gasteiger partial charge in [0.05, 0.1) is 5.92 Å². The monoisotopic (exact) mass is 382 g/mol. The first-order valence-corrected chi connectivity index (χ1v) is 9.46. The number of aryl methyl sites for hydroxylation is 1. The van der Waals surface area contributed by atoms with Crippen LogP contribution in [0.15, 0.2) is 24.3 Å². The van der Waals surface area contributed by atoms with E-state index in [-0.39, 0.29) is 24.8 Å². The molecule has 0 unspecified atom stereocenters. The summed E-state index contributed by atoms with van der Waals surface area (Å²) in [5.41, 5.74) is 1.73. The van der Waals surface area contributed by atoms with Crippen molar-refractivity contribution in [1.82, 2.24) is 4.90 Å². The number of benzene rings is 1. The summed E-state index contributed by atoms with van der Waals surface area (Å²) >= 11 is 0. The molecule has 0 spiro atoms. The van der Waals surface area contributed by atoms with Crippen LogP contribution in [0.25, 0.3) is 0 Å². The Morgan fingerprint density at radius 2 is 1.96 bits per heavy atom. The van der Waals surface area contributed by atoms with Gasteiger partial charge in [-0.05, 0) is 43.7 Å². The van der Waals surface area contributed by atoms with Crippen molar-refractivity contribution in [2.24, 2.45) is 11.8 Å². The van der Waals surface area contributed by atoms with Crippen LogP contribution in [0.4, 0.5) is 18.9 Å². The van der Waals surface area contributed by atoms with Gasteiger partial charge in [-0.15, -0.1) is 0 Å². The first-order chi connectivity index (χ1) is 12.7. The lowest BCUT2D eigenvalue weighted by atomic mass is 10.0. The molecule has 0 aromatic heterocycles. The van der Waals surface area contributed by atoms with E-state index >= 15 is 0 Å². The topological polar surface area (TPSA) is 40.6 Å². The summed E-state index contributed by atoms with van der Waals surface area (Å²) in [7, 11) is 0. The standard InChI is InChI=1S/C20H25F3N2O2/c1-3-14-6-4-5-7-17(14)24-11-16(10-18(24)26)19(27)25(12-20(21,22)23)13(2)15-8-9-15/h4-7,13,15-16H,3,8-12H2,1-2H3/t13-,16+/m1/s1. The third-order valence-corrected chi connectivity index (χ3v) is 5.57. The number of hydrogen-bond acceptors (Lipinski definition) is 2. The summed E-state index contributed by atoms with van der Waals surface area (Å²) < 4.78 is 39.1. The zero-order valence-corrected chi connectivity index (χ0v) is 15.6. The van der Waals surface area contributed by atoms with Crippen LogP contribution in [-0.2, 0) is 16.0 Å². The Kier molecular flexibility index (Phi) is 5.49. The van der Waals surface area contributed by atoms with E-state index in [1.54, 1.807) is 11.8 Å². The predicted molar refractivity (Wildman–Crippen MR) is 96.2 cm³/mol. The normalized spacial score (nSPS) is 21.4. The number of halogens is 3. The number of amides is 2. The second-order valence-corrected chi connectivity index (χ2v) is 7.55. The van der Waals surface area contributed by atoms with Crippen molar-refractivity contribution in [3.05, 3.63) is 29.8 Å². The Morgan fingerprint density at radius 3 is 2.56 bits per heavy atom. The van der Waals surface area contributed by atoms with Crippen LogP contribution >= 0.6 is 0 Å². The van der Waals surface area contributed by atoms with Crippen molar-refractivity contribution in [3.8, 4) is 0 Å². The van der Waals surface area contributed by atoms with Crippen molar-refractivity contribution < 1.29 is 22.8 Å². The molecule has 1 heterocycles. The number of anilines is 1. The fourth-order valence-electron chi connectivity index (χ4n) is 3.86. The van der Waals surface area contributed by atoms with E-state index in [9.17, 15) is 22.8 Å². The Labute approximate surface area is 157 Å². The molecule has 3 rings (SSSR count). The minimum Gasteiger partial charge on any atom is -0.330 e. The highest BCUT2D eigenvalue weighted by molar-refractivity contribution is 6.00. The second kappa shape index (κ2) is 7.52. The number of rotatable bonds is 6. The molecule has 1 saturated heterocycles. The summed E-state index contributed by atoms with van der Waals surface area (Å²) in [4.78, 5) is 27.9. The molecule has 27 heavy (non-hydrogen) atoms. The van der Waals surface area contributed by atoms with Crippen molar-refractivity contribution in [2.45, 2.75) is 51.7 Å². The molecule has 0 radical (unpaired) electrons. The van der Waals surface area contributed by atoms with E-state index < -0.39 is 30.6 Å². The number of nitrogens with zero attached hydrogens (tertiary/aromatic N) is 2. The maximum Gasteiger partial charge on any atom is 0.406 e. The average Bonchev–Trinajstić information content (AvgIpc) is 3.40. The molecule has 1 saturated carbocycles. The number of para-hydroxylation sites is 1. The Balaban J connectivity index is 1.78. The van der Waals surface area contributed by atoms with Crippen LogP contribution in [0.3, 0.4) is 0 Å². The van der Waals surface area contributed by atoms with Gasteiger partial charge in [0, 0.05) is 24.7 Å². The van der Waals surface area contributed by atoms with Crippen molar-refractivity contribution in [3.63, 3.8) is 0 Å². The maximum absolute atomic E-state index is 13.0. The zero-order valence-electron chi connectivity index (χ0n) is 15.6. The summed E-state index contributed by atoms with van der Waals surface area (Å²) in [5, 5.41) is 0. The van der Waals surface area contributed by atoms with Gasteiger partial charge in [-0.3, -0.25) is 9.59 Å². The number of carbonyl (C=O) groups excluding carboxylic acids is 2. The van der Waals surface area contributed by atoms with Gasteiger partial charge in [0.2, 0.25) is 11.8 Å². The largest absolute Gasteiger partial charge is 0.406 e. The maximum atomic E-state index is 13.0. The summed E-state index contributed by atoms with van der Waals surface area (Å²) in [6.45, 7) is 2.55. The van der Waals surface area contributed by atoms with Gasteiger partial charge in [0.1, 0.15) is 6.54 Å². The molecule has 2 fully saturated rings. The molecule has 2 amide bonds. The van der Waals surface area contributed by atoms with Gasteiger partial charge in [-0.2, -0.15) is 13.2 Å². The smallest absolute Gasteiger partial charge is 0.330 e. The molecule has 7 heteroatoms. The summed E-state index contributed by atoms with van der Waals surface area (Å²) in [6.07, 6.45) is -2.05. The molecule has 2 atom stereocenters. The molecule has 148 valence electrons. The predicted octanol–water partition coefficient (Wildman–Crippen LogP) is 3.79. The fraction of sp³-hybridized carbons (Fsp3) is 0.600. The van der Waals surface area contributed by atoms with Crippen LogP contribution in [0.1, 0.15) is 38.7 Å². The minimum atomic E-state index is -4.45. The third-order valence-electron chi connectivity index (χ3n) is 5.57. The Morgan fingerprint density at radius 1 is 1.30 bits per heavy atom. The molecule has 4 nitrogen and oxygen atoms in total. The SMILES string of the molecule is CCc1ccccc1N1C[C@@H](C(=O)N(CC(F)(F)F)[C@H](C)C2CC2)CC1=O. The average molecular weight is 382 g/mol. The van der Waals surface area contributed by atoms with E-state index in [2.05, 4.69) is 0 Å². The van der Waals surface area contributed by atoms with Crippen LogP contribution in [-0.4, -0.2) is 42.0 Å². The number of hydrogen-bond donors (Lipinski definition) is 0. The van der Waals surface area contributed by atoms with E-state index in [0.717, 1.165) is 35.4 Å². The first-order valence-electron chi connectivity index (χ1n) is 9.46. The van der Waals surface area contributed by atoms with Gasteiger partial charge >= 0.3 is 6.18 Å². The second-order valence-electron chi connectivity index (χ2n) is 7.55. The molecular weight excluding hydrogens is 357 g/mol. The highest BCUT2D eigenvalue weighted by Gasteiger charge is 2.45. The van der Waals surface area contributed by atoms with Gasteiger partial charge in [-0.1, -0.05) is 25.1 Å². The molecule has 1 aromatic rings. The lowest BCUT2D eigenvalue weighted by Gasteiger charge is -2.32. The van der Waals surface area contributed by atoms with Crippen LogP contribution < -0.4 is 4.90 Å². The van der Waals surface area contributed by atoms with E-state index in [1.165, 1.54) is 0 Å². The van der Waals surface area contributed by atoms with E-state index in [1.807, 2.05) is 31.2 Å². The van der Waals surface area contributed by atoms with Crippen LogP contribution in [0, 0.1) is 11.8 Å². The van der Waals surface area contributed by atoms with Gasteiger partial charge in [0.15, 0.2) is 0 Å². The lowest BCUT2D eigenvalue weighted by molar-refractivity contribution is -0.168. The molecular formula is C20H25F3N2O2. The quantitative estimate of drug-likeness (QED) is 0.751.